The van der Waals surface area contributed by atoms with Gasteiger partial charge in [-0.05, 0) is 55.2 Å². The number of carbonyl (C=O) groups is 2. The first-order valence-corrected chi connectivity index (χ1v) is 21.3. The van der Waals surface area contributed by atoms with Crippen LogP contribution in [0, 0.1) is 0 Å². The Kier molecular flexibility index (Phi) is 33.5. The molecular weight excluding hydrogens is 561 g/mol. The van der Waals surface area contributed by atoms with Crippen LogP contribution in [0.4, 0.5) is 0 Å². The summed E-state index contributed by atoms with van der Waals surface area (Å²) in [4.78, 5) is 20.9. The number of carboxylic acids is 2. The molecule has 9 heteroatoms. The quantitative estimate of drug-likeness (QED) is 0.0568. The third-order valence-electron chi connectivity index (χ3n) is 6.39. The van der Waals surface area contributed by atoms with E-state index in [9.17, 15) is 9.59 Å². The first kappa shape index (κ1) is 37.7. The SMILES string of the molecule is O=C(O)CCCCCCCCCCCCCSSSSSCCCCCCCCCCCCCC(=O)O. The minimum Gasteiger partial charge on any atom is -0.481 e. The lowest BCUT2D eigenvalue weighted by molar-refractivity contribution is -0.138. The van der Waals surface area contributed by atoms with E-state index in [1.807, 2.05) is 51.1 Å². The lowest BCUT2D eigenvalue weighted by Crippen LogP contribution is -1.93. The highest BCUT2D eigenvalue weighted by atomic mass is 33.8. The fourth-order valence-corrected chi connectivity index (χ4v) is 13.2. The van der Waals surface area contributed by atoms with Crippen LogP contribution in [0.15, 0.2) is 0 Å². The zero-order valence-electron chi connectivity index (χ0n) is 23.1. The van der Waals surface area contributed by atoms with Crippen LogP contribution in [0.3, 0.4) is 0 Å². The largest absolute Gasteiger partial charge is 0.481 e. The predicted octanol–water partition coefficient (Wildman–Crippen LogP) is 11.8. The van der Waals surface area contributed by atoms with Gasteiger partial charge in [0.15, 0.2) is 0 Å². The molecule has 0 saturated carbocycles. The Morgan fingerprint density at radius 1 is 0.351 bits per heavy atom. The van der Waals surface area contributed by atoms with Crippen molar-refractivity contribution < 1.29 is 19.8 Å². The van der Waals surface area contributed by atoms with Crippen molar-refractivity contribution in [3.05, 3.63) is 0 Å². The molecule has 220 valence electrons. The van der Waals surface area contributed by atoms with Crippen LogP contribution in [0.2, 0.25) is 0 Å². The Hall–Kier alpha value is 0.690. The molecule has 0 heterocycles. The van der Waals surface area contributed by atoms with Crippen LogP contribution in [0.5, 0.6) is 0 Å². The number of carboxylic acid groups (broad SMARTS) is 2. The first-order chi connectivity index (χ1) is 18.1. The molecule has 0 radical (unpaired) electrons. The Balaban J connectivity index is 3.03. The smallest absolute Gasteiger partial charge is 0.303 e. The number of aliphatic carboxylic acids is 2. The van der Waals surface area contributed by atoms with Gasteiger partial charge in [0.2, 0.25) is 0 Å². The molecule has 0 aromatic heterocycles. The summed E-state index contributed by atoms with van der Waals surface area (Å²) in [5.41, 5.74) is 0. The van der Waals surface area contributed by atoms with Gasteiger partial charge in [-0.1, -0.05) is 137 Å². The zero-order chi connectivity index (χ0) is 27.1. The summed E-state index contributed by atoms with van der Waals surface area (Å²) < 4.78 is 0. The Morgan fingerprint density at radius 3 is 0.865 bits per heavy atom. The summed E-state index contributed by atoms with van der Waals surface area (Å²) in [6.45, 7) is 0. The van der Waals surface area contributed by atoms with E-state index in [0.717, 1.165) is 25.7 Å². The molecule has 0 amide bonds. The van der Waals surface area contributed by atoms with Crippen molar-refractivity contribution in [3.8, 4) is 0 Å². The maximum atomic E-state index is 10.5. The number of hydrogen-bond donors (Lipinski definition) is 2. The summed E-state index contributed by atoms with van der Waals surface area (Å²) in [5, 5.41) is 17.2. The van der Waals surface area contributed by atoms with Crippen LogP contribution >= 0.6 is 51.1 Å². The van der Waals surface area contributed by atoms with Gasteiger partial charge in [0.1, 0.15) is 0 Å². The molecular formula is C28H54O4S5. The van der Waals surface area contributed by atoms with Gasteiger partial charge in [0.25, 0.3) is 0 Å². The molecule has 0 spiro atoms. The minimum absolute atomic E-state index is 0.331. The van der Waals surface area contributed by atoms with E-state index in [-0.39, 0.29) is 0 Å². The molecule has 0 aromatic carbocycles. The summed E-state index contributed by atoms with van der Waals surface area (Å²) in [6.07, 6.45) is 28.3. The highest BCUT2D eigenvalue weighted by molar-refractivity contribution is 9.35. The maximum Gasteiger partial charge on any atom is 0.303 e. The van der Waals surface area contributed by atoms with Crippen LogP contribution in [0.1, 0.15) is 154 Å². The lowest BCUT2D eigenvalue weighted by atomic mass is 10.1. The number of rotatable bonds is 32. The first-order valence-electron chi connectivity index (χ1n) is 14.8. The predicted molar refractivity (Wildman–Crippen MR) is 174 cm³/mol. The van der Waals surface area contributed by atoms with Crippen molar-refractivity contribution in [2.24, 2.45) is 0 Å². The van der Waals surface area contributed by atoms with E-state index in [1.54, 1.807) is 0 Å². The molecule has 0 aliphatic rings. The van der Waals surface area contributed by atoms with Crippen molar-refractivity contribution in [2.45, 2.75) is 154 Å². The molecule has 2 N–H and O–H groups in total. The average molecular weight is 615 g/mol. The zero-order valence-corrected chi connectivity index (χ0v) is 27.2. The molecule has 37 heavy (non-hydrogen) atoms. The van der Waals surface area contributed by atoms with Gasteiger partial charge in [0, 0.05) is 24.3 Å². The van der Waals surface area contributed by atoms with E-state index >= 15 is 0 Å². The second kappa shape index (κ2) is 32.9. The summed E-state index contributed by atoms with van der Waals surface area (Å²) in [6, 6.07) is 0. The van der Waals surface area contributed by atoms with E-state index in [1.165, 1.54) is 127 Å². The summed E-state index contributed by atoms with van der Waals surface area (Å²) in [7, 11) is 9.83. The van der Waals surface area contributed by atoms with Gasteiger partial charge in [-0.3, -0.25) is 9.59 Å². The summed E-state index contributed by atoms with van der Waals surface area (Å²) in [5.74, 6) is 1.21. The molecule has 0 saturated heterocycles. The topological polar surface area (TPSA) is 74.6 Å². The van der Waals surface area contributed by atoms with Crippen molar-refractivity contribution in [1.29, 1.82) is 0 Å². The molecule has 0 aromatic rings. The van der Waals surface area contributed by atoms with Crippen molar-refractivity contribution >= 4 is 63.0 Å². The van der Waals surface area contributed by atoms with Gasteiger partial charge in [0.05, 0.1) is 0 Å². The molecule has 0 fully saturated rings. The van der Waals surface area contributed by atoms with Crippen molar-refractivity contribution in [2.75, 3.05) is 11.5 Å². The Bertz CT molecular complexity index is 455. The van der Waals surface area contributed by atoms with E-state index in [0.29, 0.717) is 12.8 Å². The normalized spacial score (nSPS) is 11.2. The standard InChI is InChI=1S/C28H54O4S5/c29-27(30)23-19-15-11-7-3-1-5-9-13-17-21-25-33-35-37-36-34-26-22-18-14-10-6-2-4-8-12-16-20-24-28(31)32/h1-26H2,(H,29,30)(H,31,32). The number of hydrogen-bond acceptors (Lipinski definition) is 7. The van der Waals surface area contributed by atoms with E-state index in [4.69, 9.17) is 10.2 Å². The highest BCUT2D eigenvalue weighted by Crippen LogP contribution is 2.48. The van der Waals surface area contributed by atoms with Gasteiger partial charge in [-0.25, -0.2) is 0 Å². The summed E-state index contributed by atoms with van der Waals surface area (Å²) >= 11 is 0. The van der Waals surface area contributed by atoms with Gasteiger partial charge < -0.3 is 10.2 Å². The molecule has 0 atom stereocenters. The third kappa shape index (κ3) is 36.7. The Labute approximate surface area is 247 Å². The second-order valence-corrected chi connectivity index (χ2v) is 17.9. The van der Waals surface area contributed by atoms with Crippen molar-refractivity contribution in [3.63, 3.8) is 0 Å². The molecule has 0 aliphatic carbocycles. The van der Waals surface area contributed by atoms with Crippen LogP contribution in [-0.4, -0.2) is 33.7 Å². The van der Waals surface area contributed by atoms with E-state index in [2.05, 4.69) is 0 Å². The van der Waals surface area contributed by atoms with Crippen LogP contribution < -0.4 is 0 Å². The van der Waals surface area contributed by atoms with Crippen LogP contribution in [-0.2, 0) is 9.59 Å². The molecule has 0 rings (SSSR count). The fourth-order valence-electron chi connectivity index (χ4n) is 4.18. The highest BCUT2D eigenvalue weighted by Gasteiger charge is 1.99. The van der Waals surface area contributed by atoms with E-state index < -0.39 is 11.9 Å². The molecule has 0 unspecified atom stereocenters. The Morgan fingerprint density at radius 2 is 0.595 bits per heavy atom. The third-order valence-corrected chi connectivity index (χ3v) is 15.2. The fraction of sp³-hybridized carbons (Fsp3) is 0.929. The molecule has 0 aliphatic heterocycles. The molecule has 4 nitrogen and oxygen atoms in total. The number of unbranched alkanes of at least 4 members (excludes halogenated alkanes) is 20. The van der Waals surface area contributed by atoms with Crippen molar-refractivity contribution in [1.82, 2.24) is 0 Å². The van der Waals surface area contributed by atoms with Crippen LogP contribution in [0.25, 0.3) is 0 Å². The average Bonchev–Trinajstić information content (AvgIpc) is 2.87. The lowest BCUT2D eigenvalue weighted by Gasteiger charge is -2.03. The monoisotopic (exact) mass is 614 g/mol. The second-order valence-electron chi connectivity index (χ2n) is 9.91. The maximum absolute atomic E-state index is 10.5. The molecule has 0 bridgehead atoms. The van der Waals surface area contributed by atoms with Gasteiger partial charge >= 0.3 is 11.9 Å². The minimum atomic E-state index is -0.662. The van der Waals surface area contributed by atoms with Gasteiger partial charge in [-0.2, -0.15) is 0 Å². The van der Waals surface area contributed by atoms with Gasteiger partial charge in [-0.15, -0.1) is 0 Å².